The Morgan fingerprint density at radius 1 is 1.21 bits per heavy atom. The van der Waals surface area contributed by atoms with Crippen molar-refractivity contribution in [2.75, 3.05) is 5.73 Å². The Morgan fingerprint density at radius 2 is 1.79 bits per heavy atom. The van der Waals surface area contributed by atoms with Gasteiger partial charge in [-0.3, -0.25) is 0 Å². The molecular weight excluding hydrogens is 186 g/mol. The van der Waals surface area contributed by atoms with Gasteiger partial charge in [-0.2, -0.15) is 0 Å². The first-order chi connectivity index (χ1) is 6.43. The van der Waals surface area contributed by atoms with Crippen LogP contribution < -0.4 is 5.73 Å². The number of rotatable bonds is 2. The molecule has 1 rings (SSSR count). The largest absolute Gasteiger partial charge is 0.478 e. The van der Waals surface area contributed by atoms with Crippen molar-refractivity contribution in [3.05, 3.63) is 28.8 Å². The van der Waals surface area contributed by atoms with Gasteiger partial charge in [-0.1, -0.05) is 0 Å². The zero-order valence-electron chi connectivity index (χ0n) is 7.44. The third-order valence-electron chi connectivity index (χ3n) is 1.76. The van der Waals surface area contributed by atoms with E-state index in [0.717, 1.165) is 0 Å². The van der Waals surface area contributed by atoms with E-state index in [1.165, 1.54) is 12.1 Å². The predicted molar refractivity (Wildman–Crippen MR) is 49.5 cm³/mol. The first kappa shape index (κ1) is 10.0. The third-order valence-corrected chi connectivity index (χ3v) is 1.76. The standard InChI is InChI=1S/C9H9NO4/c1-4-2-5(8(11)12)7(9(13)14)6(10)3-4/h2-3H,10H2,1H3,(H,11,12)(H,13,14). The van der Waals surface area contributed by atoms with E-state index in [1.807, 2.05) is 0 Å². The molecule has 14 heavy (non-hydrogen) atoms. The molecule has 0 aliphatic rings. The van der Waals surface area contributed by atoms with Crippen molar-refractivity contribution in [2.45, 2.75) is 6.92 Å². The minimum Gasteiger partial charge on any atom is -0.478 e. The Kier molecular flexibility index (Phi) is 2.42. The van der Waals surface area contributed by atoms with Crippen LogP contribution >= 0.6 is 0 Å². The van der Waals surface area contributed by atoms with Gasteiger partial charge in [0.25, 0.3) is 0 Å². The molecule has 1 aromatic rings. The maximum Gasteiger partial charge on any atom is 0.338 e. The molecule has 0 atom stereocenters. The molecule has 0 fully saturated rings. The van der Waals surface area contributed by atoms with E-state index in [9.17, 15) is 9.59 Å². The quantitative estimate of drug-likeness (QED) is 0.610. The van der Waals surface area contributed by atoms with Crippen LogP contribution in [0.1, 0.15) is 26.3 Å². The maximum atomic E-state index is 10.7. The molecule has 0 bridgehead atoms. The lowest BCUT2D eigenvalue weighted by Gasteiger charge is -2.06. The summed E-state index contributed by atoms with van der Waals surface area (Å²) in [5.74, 6) is -2.63. The summed E-state index contributed by atoms with van der Waals surface area (Å²) in [4.78, 5) is 21.4. The Balaban J connectivity index is 3.52. The van der Waals surface area contributed by atoms with Crippen LogP contribution in [0.15, 0.2) is 12.1 Å². The van der Waals surface area contributed by atoms with Gasteiger partial charge in [0, 0.05) is 5.69 Å². The molecule has 0 unspecified atom stereocenters. The number of carbonyl (C=O) groups is 2. The topological polar surface area (TPSA) is 101 Å². The smallest absolute Gasteiger partial charge is 0.338 e. The summed E-state index contributed by atoms with van der Waals surface area (Å²) in [5.41, 5.74) is 5.36. The van der Waals surface area contributed by atoms with Gasteiger partial charge in [-0.25, -0.2) is 9.59 Å². The van der Waals surface area contributed by atoms with Crippen LogP contribution in [-0.4, -0.2) is 22.2 Å². The summed E-state index contributed by atoms with van der Waals surface area (Å²) in [5, 5.41) is 17.5. The molecule has 0 heterocycles. The Hall–Kier alpha value is -2.04. The van der Waals surface area contributed by atoms with E-state index >= 15 is 0 Å². The minimum atomic E-state index is -1.33. The fraction of sp³-hybridized carbons (Fsp3) is 0.111. The monoisotopic (exact) mass is 195 g/mol. The maximum absolute atomic E-state index is 10.7. The van der Waals surface area contributed by atoms with E-state index in [-0.39, 0.29) is 16.8 Å². The lowest BCUT2D eigenvalue weighted by molar-refractivity contribution is 0.0652. The van der Waals surface area contributed by atoms with Gasteiger partial charge in [0.1, 0.15) is 0 Å². The van der Waals surface area contributed by atoms with E-state index in [2.05, 4.69) is 0 Å². The van der Waals surface area contributed by atoms with Crippen molar-refractivity contribution in [1.29, 1.82) is 0 Å². The number of anilines is 1. The molecule has 0 aromatic heterocycles. The Morgan fingerprint density at radius 3 is 2.21 bits per heavy atom. The number of aryl methyl sites for hydroxylation is 1. The molecule has 0 amide bonds. The molecule has 0 saturated carbocycles. The van der Waals surface area contributed by atoms with Gasteiger partial charge in [0.2, 0.25) is 0 Å². The van der Waals surface area contributed by atoms with Crippen LogP contribution in [-0.2, 0) is 0 Å². The molecule has 5 nitrogen and oxygen atoms in total. The zero-order valence-corrected chi connectivity index (χ0v) is 7.44. The van der Waals surface area contributed by atoms with Crippen LogP contribution in [0.2, 0.25) is 0 Å². The summed E-state index contributed by atoms with van der Waals surface area (Å²) in [6.45, 7) is 1.65. The number of hydrogen-bond donors (Lipinski definition) is 3. The van der Waals surface area contributed by atoms with Gasteiger partial charge in [0.05, 0.1) is 11.1 Å². The number of benzene rings is 1. The fourth-order valence-corrected chi connectivity index (χ4v) is 1.22. The van der Waals surface area contributed by atoms with E-state index < -0.39 is 11.9 Å². The first-order valence-corrected chi connectivity index (χ1v) is 3.80. The summed E-state index contributed by atoms with van der Waals surface area (Å²) in [6, 6.07) is 2.71. The van der Waals surface area contributed by atoms with Crippen molar-refractivity contribution in [3.63, 3.8) is 0 Å². The molecule has 0 aliphatic heterocycles. The molecule has 0 saturated heterocycles. The SMILES string of the molecule is Cc1cc(N)c(C(=O)O)c(C(=O)O)c1. The fourth-order valence-electron chi connectivity index (χ4n) is 1.22. The molecular formula is C9H9NO4. The van der Waals surface area contributed by atoms with Crippen LogP contribution in [0.3, 0.4) is 0 Å². The number of carboxylic acid groups (broad SMARTS) is 2. The summed E-state index contributed by atoms with van der Waals surface area (Å²) >= 11 is 0. The van der Waals surface area contributed by atoms with E-state index in [0.29, 0.717) is 5.56 Å². The molecule has 1 aromatic carbocycles. The molecule has 74 valence electrons. The van der Waals surface area contributed by atoms with Crippen LogP contribution in [0.5, 0.6) is 0 Å². The summed E-state index contributed by atoms with van der Waals surface area (Å²) in [6.07, 6.45) is 0. The lowest BCUT2D eigenvalue weighted by atomic mass is 10.0. The van der Waals surface area contributed by atoms with Gasteiger partial charge < -0.3 is 15.9 Å². The number of nitrogens with two attached hydrogens (primary N) is 1. The van der Waals surface area contributed by atoms with Gasteiger partial charge in [-0.05, 0) is 24.6 Å². The van der Waals surface area contributed by atoms with E-state index in [4.69, 9.17) is 15.9 Å². The van der Waals surface area contributed by atoms with Gasteiger partial charge in [0.15, 0.2) is 0 Å². The highest BCUT2D eigenvalue weighted by Crippen LogP contribution is 2.19. The Bertz CT molecular complexity index is 412. The van der Waals surface area contributed by atoms with Crippen LogP contribution in [0.25, 0.3) is 0 Å². The normalized spacial score (nSPS) is 9.79. The van der Waals surface area contributed by atoms with E-state index in [1.54, 1.807) is 6.92 Å². The van der Waals surface area contributed by atoms with Crippen molar-refractivity contribution >= 4 is 17.6 Å². The molecule has 0 spiro atoms. The lowest BCUT2D eigenvalue weighted by Crippen LogP contribution is -2.11. The average molecular weight is 195 g/mol. The highest BCUT2D eigenvalue weighted by molar-refractivity contribution is 6.05. The third kappa shape index (κ3) is 1.66. The molecule has 4 N–H and O–H groups in total. The average Bonchev–Trinajstić information content (AvgIpc) is 2.01. The number of aromatic carboxylic acids is 2. The number of hydrogen-bond acceptors (Lipinski definition) is 3. The minimum absolute atomic E-state index is 0.0325. The molecule has 0 radical (unpaired) electrons. The van der Waals surface area contributed by atoms with Crippen molar-refractivity contribution in [3.8, 4) is 0 Å². The Labute approximate surface area is 79.8 Å². The second-order valence-electron chi connectivity index (χ2n) is 2.89. The highest BCUT2D eigenvalue weighted by atomic mass is 16.4. The molecule has 0 aliphatic carbocycles. The van der Waals surface area contributed by atoms with Crippen LogP contribution in [0, 0.1) is 6.92 Å². The number of nitrogen functional groups attached to an aromatic ring is 1. The summed E-state index contributed by atoms with van der Waals surface area (Å²) in [7, 11) is 0. The number of carboxylic acids is 2. The van der Waals surface area contributed by atoms with Gasteiger partial charge in [-0.15, -0.1) is 0 Å². The first-order valence-electron chi connectivity index (χ1n) is 3.80. The van der Waals surface area contributed by atoms with Crippen LogP contribution in [0.4, 0.5) is 5.69 Å². The van der Waals surface area contributed by atoms with Gasteiger partial charge >= 0.3 is 11.9 Å². The van der Waals surface area contributed by atoms with Crippen molar-refractivity contribution in [2.24, 2.45) is 0 Å². The van der Waals surface area contributed by atoms with Crippen molar-refractivity contribution in [1.82, 2.24) is 0 Å². The second kappa shape index (κ2) is 3.37. The molecule has 5 heteroatoms. The zero-order chi connectivity index (χ0) is 10.9. The highest BCUT2D eigenvalue weighted by Gasteiger charge is 2.19. The van der Waals surface area contributed by atoms with Crippen molar-refractivity contribution < 1.29 is 19.8 Å². The summed E-state index contributed by atoms with van der Waals surface area (Å²) < 4.78 is 0. The second-order valence-corrected chi connectivity index (χ2v) is 2.89. The predicted octanol–water partition coefficient (Wildman–Crippen LogP) is 0.974.